The van der Waals surface area contributed by atoms with Gasteiger partial charge in [0, 0.05) is 24.5 Å². The maximum Gasteiger partial charge on any atom is 0.181 e. The molecule has 0 bridgehead atoms. The predicted octanol–water partition coefficient (Wildman–Crippen LogP) is 0.0856. The fourth-order valence-corrected chi connectivity index (χ4v) is 0.405. The summed E-state index contributed by atoms with van der Waals surface area (Å²) in [6.45, 7) is 0. The lowest BCUT2D eigenvalue weighted by molar-refractivity contribution is 0.184. The van der Waals surface area contributed by atoms with E-state index in [1.807, 2.05) is 0 Å². The molecule has 0 radical (unpaired) electrons. The minimum absolute atomic E-state index is 0.102. The molecule has 0 aliphatic carbocycles. The Labute approximate surface area is 45.8 Å². The topological polar surface area (TPSA) is 42.2 Å². The van der Waals surface area contributed by atoms with Gasteiger partial charge in [0.15, 0.2) is 5.43 Å². The summed E-state index contributed by atoms with van der Waals surface area (Å²) in [5, 5.41) is 8.53. The Hall–Kier alpha value is -1.25. The zero-order valence-corrected chi connectivity index (χ0v) is 4.11. The quantitative estimate of drug-likeness (QED) is 0.482. The molecule has 1 heterocycles. The van der Waals surface area contributed by atoms with E-state index in [9.17, 15) is 4.79 Å². The summed E-state index contributed by atoms with van der Waals surface area (Å²) in [5.74, 6) is 0. The fraction of sp³-hybridized carbons (Fsp3) is 0. The molecule has 0 saturated carbocycles. The molecule has 0 saturated heterocycles. The van der Waals surface area contributed by atoms with Crippen molar-refractivity contribution in [2.45, 2.75) is 0 Å². The Balaban J connectivity index is 3.22. The normalized spacial score (nSPS) is 9.00. The number of hydrogen-bond donors (Lipinski definition) is 1. The van der Waals surface area contributed by atoms with Gasteiger partial charge < -0.3 is 5.21 Å². The van der Waals surface area contributed by atoms with Gasteiger partial charge in [0.05, 0.1) is 0 Å². The third kappa shape index (κ3) is 0.872. The van der Waals surface area contributed by atoms with E-state index >= 15 is 0 Å². The van der Waals surface area contributed by atoms with Crippen LogP contribution in [0, 0.1) is 0 Å². The summed E-state index contributed by atoms with van der Waals surface area (Å²) in [6.07, 6.45) is 2.56. The summed E-state index contributed by atoms with van der Waals surface area (Å²) in [5.41, 5.74) is -0.102. The van der Waals surface area contributed by atoms with Gasteiger partial charge in [-0.15, -0.1) is 0 Å². The molecule has 0 fully saturated rings. The molecule has 3 heteroatoms. The molecular formula is C5H5NO2. The van der Waals surface area contributed by atoms with Crippen molar-refractivity contribution in [3.63, 3.8) is 0 Å². The highest BCUT2D eigenvalue weighted by atomic mass is 16.5. The summed E-state index contributed by atoms with van der Waals surface area (Å²) in [7, 11) is 0. The van der Waals surface area contributed by atoms with Crippen LogP contribution in [0.4, 0.5) is 0 Å². The third-order valence-electron chi connectivity index (χ3n) is 0.783. The molecule has 0 aliphatic heterocycles. The number of rotatable bonds is 0. The predicted molar refractivity (Wildman–Crippen MR) is 27.9 cm³/mol. The lowest BCUT2D eigenvalue weighted by atomic mass is 10.5. The summed E-state index contributed by atoms with van der Waals surface area (Å²) >= 11 is 0. The highest BCUT2D eigenvalue weighted by Crippen LogP contribution is 1.72. The average Bonchev–Trinajstić information content (AvgIpc) is 1.77. The number of aromatic nitrogens is 1. The van der Waals surface area contributed by atoms with Gasteiger partial charge in [0.1, 0.15) is 0 Å². The lowest BCUT2D eigenvalue weighted by Gasteiger charge is -1.88. The van der Waals surface area contributed by atoms with Gasteiger partial charge in [-0.05, 0) is 0 Å². The van der Waals surface area contributed by atoms with Crippen molar-refractivity contribution in [1.82, 2.24) is 4.73 Å². The van der Waals surface area contributed by atoms with Crippen LogP contribution < -0.4 is 5.43 Å². The first kappa shape index (κ1) is 4.90. The van der Waals surface area contributed by atoms with Crippen molar-refractivity contribution < 1.29 is 5.21 Å². The lowest BCUT2D eigenvalue weighted by Crippen LogP contribution is -1.99. The first-order chi connectivity index (χ1) is 3.79. The van der Waals surface area contributed by atoms with Gasteiger partial charge in [-0.2, -0.15) is 0 Å². The molecule has 1 rings (SSSR count). The molecule has 0 aliphatic rings. The monoisotopic (exact) mass is 111 g/mol. The fourth-order valence-electron chi connectivity index (χ4n) is 0.405. The number of nitrogens with zero attached hydrogens (tertiary/aromatic N) is 1. The second-order valence-electron chi connectivity index (χ2n) is 1.41. The Kier molecular flexibility index (Phi) is 1.04. The zero-order chi connectivity index (χ0) is 5.98. The van der Waals surface area contributed by atoms with Gasteiger partial charge in [-0.25, -0.2) is 4.73 Å². The van der Waals surface area contributed by atoms with Gasteiger partial charge in [-0.3, -0.25) is 4.79 Å². The summed E-state index contributed by atoms with van der Waals surface area (Å²) in [6, 6.07) is 2.56. The van der Waals surface area contributed by atoms with E-state index < -0.39 is 0 Å². The van der Waals surface area contributed by atoms with E-state index in [1.165, 1.54) is 24.5 Å². The van der Waals surface area contributed by atoms with E-state index in [2.05, 4.69) is 0 Å². The summed E-state index contributed by atoms with van der Waals surface area (Å²) in [4.78, 5) is 10.3. The number of hydrogen-bond acceptors (Lipinski definition) is 2. The van der Waals surface area contributed by atoms with Crippen molar-refractivity contribution in [2.24, 2.45) is 0 Å². The molecule has 0 spiro atoms. The minimum Gasteiger partial charge on any atom is -0.429 e. The van der Waals surface area contributed by atoms with E-state index in [4.69, 9.17) is 5.21 Å². The molecule has 0 aromatic carbocycles. The minimum atomic E-state index is -0.102. The van der Waals surface area contributed by atoms with Crippen LogP contribution in [0.25, 0.3) is 0 Å². The van der Waals surface area contributed by atoms with Gasteiger partial charge >= 0.3 is 0 Å². The van der Waals surface area contributed by atoms with Gasteiger partial charge in [-0.1, -0.05) is 0 Å². The first-order valence-electron chi connectivity index (χ1n) is 2.16. The van der Waals surface area contributed by atoms with E-state index in [1.54, 1.807) is 0 Å². The molecule has 0 unspecified atom stereocenters. The van der Waals surface area contributed by atoms with Crippen LogP contribution in [0.3, 0.4) is 0 Å². The Morgan fingerprint density at radius 2 is 1.88 bits per heavy atom. The van der Waals surface area contributed by atoms with Gasteiger partial charge in [0.25, 0.3) is 0 Å². The smallest absolute Gasteiger partial charge is 0.181 e. The second-order valence-corrected chi connectivity index (χ2v) is 1.41. The molecule has 1 aromatic rings. The van der Waals surface area contributed by atoms with Crippen molar-refractivity contribution in [3.05, 3.63) is 34.7 Å². The standard InChI is InChI=1S/C5H5NO2/c7-5-1-3-6(8)4-2-5/h1-4,8H. The Bertz CT molecular complexity index is 208. The summed E-state index contributed by atoms with van der Waals surface area (Å²) < 4.78 is 0.821. The Morgan fingerprint density at radius 3 is 2.25 bits per heavy atom. The molecule has 8 heavy (non-hydrogen) atoms. The Morgan fingerprint density at radius 1 is 1.38 bits per heavy atom. The maximum absolute atomic E-state index is 10.3. The third-order valence-corrected chi connectivity index (χ3v) is 0.783. The van der Waals surface area contributed by atoms with Crippen molar-refractivity contribution in [3.8, 4) is 0 Å². The van der Waals surface area contributed by atoms with Gasteiger partial charge in [0.2, 0.25) is 0 Å². The van der Waals surface area contributed by atoms with Crippen LogP contribution >= 0.6 is 0 Å². The zero-order valence-electron chi connectivity index (χ0n) is 4.11. The maximum atomic E-state index is 10.3. The molecule has 42 valence electrons. The highest BCUT2D eigenvalue weighted by molar-refractivity contribution is 4.91. The highest BCUT2D eigenvalue weighted by Gasteiger charge is 1.78. The van der Waals surface area contributed by atoms with Crippen LogP contribution in [0.1, 0.15) is 0 Å². The molecular weight excluding hydrogens is 106 g/mol. The van der Waals surface area contributed by atoms with Crippen LogP contribution in [0.5, 0.6) is 0 Å². The molecule has 1 N–H and O–H groups in total. The first-order valence-corrected chi connectivity index (χ1v) is 2.16. The number of pyridine rings is 1. The van der Waals surface area contributed by atoms with Crippen LogP contribution in [0.2, 0.25) is 0 Å². The average molecular weight is 111 g/mol. The van der Waals surface area contributed by atoms with Crippen LogP contribution in [0.15, 0.2) is 29.3 Å². The molecule has 1 aromatic heterocycles. The van der Waals surface area contributed by atoms with Crippen molar-refractivity contribution in [1.29, 1.82) is 0 Å². The van der Waals surface area contributed by atoms with Crippen molar-refractivity contribution in [2.75, 3.05) is 0 Å². The van der Waals surface area contributed by atoms with Crippen LogP contribution in [-0.2, 0) is 0 Å². The van der Waals surface area contributed by atoms with E-state index in [-0.39, 0.29) is 5.43 Å². The van der Waals surface area contributed by atoms with Crippen LogP contribution in [-0.4, -0.2) is 9.94 Å². The van der Waals surface area contributed by atoms with Crippen molar-refractivity contribution >= 4 is 0 Å². The van der Waals surface area contributed by atoms with E-state index in [0.717, 1.165) is 4.73 Å². The molecule has 3 nitrogen and oxygen atoms in total. The van der Waals surface area contributed by atoms with E-state index in [0.29, 0.717) is 0 Å². The molecule has 0 amide bonds. The SMILES string of the molecule is O=c1ccn(O)cc1. The second kappa shape index (κ2) is 1.69. The largest absolute Gasteiger partial charge is 0.429 e. The molecule has 0 atom stereocenters.